The van der Waals surface area contributed by atoms with Crippen LogP contribution in [-0.2, 0) is 14.4 Å². The summed E-state index contributed by atoms with van der Waals surface area (Å²) in [6.45, 7) is 0.198. The van der Waals surface area contributed by atoms with Crippen LogP contribution in [0.25, 0.3) is 11.1 Å². The Hall–Kier alpha value is -5.24. The lowest BCUT2D eigenvalue weighted by atomic mass is 9.80. The molecule has 208 valence electrons. The number of hydrogen-bond donors (Lipinski definition) is 1. The van der Waals surface area contributed by atoms with Gasteiger partial charge >= 0.3 is 12.1 Å². The van der Waals surface area contributed by atoms with Gasteiger partial charge < -0.3 is 14.9 Å². The molecule has 0 aromatic heterocycles. The summed E-state index contributed by atoms with van der Waals surface area (Å²) in [6, 6.07) is 29.6. The highest BCUT2D eigenvalue weighted by Gasteiger charge is 2.41. The Morgan fingerprint density at radius 3 is 1.76 bits per heavy atom. The molecule has 0 fully saturated rings. The molecule has 0 bridgehead atoms. The van der Waals surface area contributed by atoms with Crippen LogP contribution < -0.4 is 5.32 Å². The number of benzene rings is 4. The molecular weight excluding hydrogens is 532 g/mol. The van der Waals surface area contributed by atoms with Gasteiger partial charge in [0.1, 0.15) is 6.61 Å². The molecular formula is C34H26N2O6. The number of fused-ring (bicyclic) bond motifs is 5. The topological polar surface area (TPSA) is 102 Å². The van der Waals surface area contributed by atoms with E-state index in [9.17, 15) is 19.2 Å². The zero-order valence-corrected chi connectivity index (χ0v) is 22.5. The Balaban J connectivity index is 1.03. The maximum atomic E-state index is 13.3. The van der Waals surface area contributed by atoms with Gasteiger partial charge in [-0.15, -0.1) is 0 Å². The molecule has 42 heavy (non-hydrogen) atoms. The van der Waals surface area contributed by atoms with Crippen LogP contribution in [0, 0.1) is 0 Å². The van der Waals surface area contributed by atoms with Gasteiger partial charge in [0.15, 0.2) is 0 Å². The van der Waals surface area contributed by atoms with Crippen LogP contribution in [0.1, 0.15) is 73.7 Å². The lowest BCUT2D eigenvalue weighted by Gasteiger charge is -2.31. The second-order valence-corrected chi connectivity index (χ2v) is 10.6. The molecule has 0 saturated heterocycles. The highest BCUT2D eigenvalue weighted by atomic mass is 16.7. The summed E-state index contributed by atoms with van der Waals surface area (Å²) in [6.07, 6.45) is 0.264. The number of amides is 3. The van der Waals surface area contributed by atoms with Crippen molar-refractivity contribution in [3.8, 4) is 11.1 Å². The van der Waals surface area contributed by atoms with E-state index in [1.165, 1.54) is 12.1 Å². The van der Waals surface area contributed by atoms with Crippen molar-refractivity contribution < 1.29 is 28.8 Å². The second-order valence-electron chi connectivity index (χ2n) is 10.6. The minimum Gasteiger partial charge on any atom is -0.449 e. The number of imide groups is 1. The van der Waals surface area contributed by atoms with Crippen LogP contribution in [0.3, 0.4) is 0 Å². The third-order valence-corrected chi connectivity index (χ3v) is 8.35. The molecule has 0 spiro atoms. The summed E-state index contributed by atoms with van der Waals surface area (Å²) in [4.78, 5) is 57.1. The van der Waals surface area contributed by atoms with Gasteiger partial charge in [-0.1, -0.05) is 90.0 Å². The monoisotopic (exact) mass is 558 g/mol. The Bertz CT molecular complexity index is 1680. The lowest BCUT2D eigenvalue weighted by Crippen LogP contribution is -2.37. The van der Waals surface area contributed by atoms with Crippen molar-refractivity contribution in [1.29, 1.82) is 0 Å². The van der Waals surface area contributed by atoms with Crippen molar-refractivity contribution in [3.05, 3.63) is 130 Å². The first kappa shape index (κ1) is 25.7. The number of nitrogens with zero attached hydrogens (tertiary/aromatic N) is 1. The molecule has 0 radical (unpaired) electrons. The number of alkyl carbamates (subject to hydrolysis) is 1. The maximum absolute atomic E-state index is 13.3. The summed E-state index contributed by atoms with van der Waals surface area (Å²) < 4.78 is 5.75. The van der Waals surface area contributed by atoms with Gasteiger partial charge in [-0.25, -0.2) is 9.59 Å². The summed E-state index contributed by atoms with van der Waals surface area (Å²) in [5, 5.41) is 3.51. The van der Waals surface area contributed by atoms with Gasteiger partial charge in [0.2, 0.25) is 0 Å². The van der Waals surface area contributed by atoms with E-state index >= 15 is 0 Å². The molecule has 1 heterocycles. The Labute approximate surface area is 241 Å². The minimum absolute atomic E-state index is 0.0527. The van der Waals surface area contributed by atoms with Crippen LogP contribution in [0.15, 0.2) is 97.1 Å². The molecule has 8 nitrogen and oxygen atoms in total. The molecule has 8 heteroatoms. The normalized spacial score (nSPS) is 18.5. The van der Waals surface area contributed by atoms with Crippen molar-refractivity contribution >= 4 is 23.9 Å². The largest absolute Gasteiger partial charge is 0.449 e. The summed E-state index contributed by atoms with van der Waals surface area (Å²) in [5.41, 5.74) is 6.42. The summed E-state index contributed by atoms with van der Waals surface area (Å²) >= 11 is 0. The van der Waals surface area contributed by atoms with E-state index in [0.717, 1.165) is 27.8 Å². The lowest BCUT2D eigenvalue weighted by molar-refractivity contribution is -0.171. The fourth-order valence-electron chi connectivity index (χ4n) is 6.37. The van der Waals surface area contributed by atoms with Crippen LogP contribution >= 0.6 is 0 Å². The molecule has 3 amide bonds. The van der Waals surface area contributed by atoms with E-state index in [1.54, 1.807) is 24.3 Å². The van der Waals surface area contributed by atoms with E-state index in [-0.39, 0.29) is 29.7 Å². The third kappa shape index (κ3) is 4.23. The van der Waals surface area contributed by atoms with Crippen LogP contribution in [0.5, 0.6) is 0 Å². The fraction of sp³-hybridized carbons (Fsp3) is 0.176. The zero-order valence-electron chi connectivity index (χ0n) is 22.5. The molecule has 0 saturated carbocycles. The SMILES string of the molecule is O=C(NC1CCC(C(=O)ON2C(=O)c3ccccc3C2=O)c2ccccc21)OCC1c2ccccc2-c2ccccc21. The van der Waals surface area contributed by atoms with Crippen LogP contribution in [-0.4, -0.2) is 35.5 Å². The van der Waals surface area contributed by atoms with E-state index in [2.05, 4.69) is 29.6 Å². The predicted octanol–water partition coefficient (Wildman–Crippen LogP) is 5.90. The Morgan fingerprint density at radius 2 is 1.17 bits per heavy atom. The molecule has 7 rings (SSSR count). The average Bonchev–Trinajstić information content (AvgIpc) is 3.47. The van der Waals surface area contributed by atoms with E-state index in [0.29, 0.717) is 23.5 Å². The van der Waals surface area contributed by atoms with Crippen molar-refractivity contribution in [2.75, 3.05) is 6.61 Å². The maximum Gasteiger partial charge on any atom is 0.407 e. The highest BCUT2D eigenvalue weighted by Crippen LogP contribution is 2.44. The fourth-order valence-corrected chi connectivity index (χ4v) is 6.37. The quantitative estimate of drug-likeness (QED) is 0.306. The first-order valence-electron chi connectivity index (χ1n) is 13.9. The molecule has 2 atom stereocenters. The number of hydroxylamine groups is 2. The molecule has 4 aromatic carbocycles. The van der Waals surface area contributed by atoms with Crippen LogP contribution in [0.2, 0.25) is 0 Å². The van der Waals surface area contributed by atoms with Gasteiger partial charge in [0.05, 0.1) is 23.1 Å². The number of rotatable bonds is 5. The first-order valence-corrected chi connectivity index (χ1v) is 13.9. The molecule has 3 aliphatic rings. The number of carbonyl (C=O) groups excluding carboxylic acids is 4. The second kappa shape index (κ2) is 10.3. The molecule has 4 aromatic rings. The van der Waals surface area contributed by atoms with Crippen molar-refractivity contribution in [2.24, 2.45) is 0 Å². The third-order valence-electron chi connectivity index (χ3n) is 8.35. The van der Waals surface area contributed by atoms with Gasteiger partial charge in [0, 0.05) is 5.92 Å². The van der Waals surface area contributed by atoms with Crippen LogP contribution in [0.4, 0.5) is 4.79 Å². The smallest absolute Gasteiger partial charge is 0.407 e. The predicted molar refractivity (Wildman–Crippen MR) is 152 cm³/mol. The molecule has 1 N–H and O–H groups in total. The van der Waals surface area contributed by atoms with E-state index < -0.39 is 29.8 Å². The Morgan fingerprint density at radius 1 is 0.667 bits per heavy atom. The zero-order chi connectivity index (χ0) is 28.8. The number of carbonyl (C=O) groups is 4. The van der Waals surface area contributed by atoms with Crippen molar-refractivity contribution in [2.45, 2.75) is 30.7 Å². The van der Waals surface area contributed by atoms with Gasteiger partial charge in [-0.2, -0.15) is 0 Å². The number of hydrogen-bond acceptors (Lipinski definition) is 6. The Kier molecular flexibility index (Phi) is 6.31. The van der Waals surface area contributed by atoms with Crippen molar-refractivity contribution in [3.63, 3.8) is 0 Å². The standard InChI is InChI=1S/C34H26N2O6/c37-31-26-15-7-8-16-27(26)32(38)36(31)42-33(39)28-17-18-30(25-14-6-5-13-24(25)28)35-34(40)41-19-29-22-11-3-1-9-20(22)21-10-2-4-12-23(21)29/h1-16,28-30H,17-19H2,(H,35,40). The highest BCUT2D eigenvalue weighted by molar-refractivity contribution is 6.21. The summed E-state index contributed by atoms with van der Waals surface area (Å²) in [7, 11) is 0. The first-order chi connectivity index (χ1) is 20.5. The molecule has 2 aliphatic carbocycles. The molecule has 1 aliphatic heterocycles. The molecule has 2 unspecified atom stereocenters. The van der Waals surface area contributed by atoms with E-state index in [4.69, 9.17) is 9.57 Å². The number of nitrogens with one attached hydrogen (secondary N) is 1. The van der Waals surface area contributed by atoms with Crippen molar-refractivity contribution in [1.82, 2.24) is 10.4 Å². The minimum atomic E-state index is -0.703. The van der Waals surface area contributed by atoms with Gasteiger partial charge in [-0.3, -0.25) is 9.59 Å². The van der Waals surface area contributed by atoms with Gasteiger partial charge in [0.25, 0.3) is 11.8 Å². The van der Waals surface area contributed by atoms with Gasteiger partial charge in [-0.05, 0) is 58.4 Å². The number of ether oxygens (including phenoxy) is 1. The van der Waals surface area contributed by atoms with E-state index in [1.807, 2.05) is 36.4 Å². The summed E-state index contributed by atoms with van der Waals surface area (Å²) in [5.74, 6) is -2.78. The average molecular weight is 559 g/mol.